The van der Waals surface area contributed by atoms with E-state index in [1.54, 1.807) is 18.6 Å². The molecular formula is C17H24N6. The van der Waals surface area contributed by atoms with Crippen LogP contribution in [-0.2, 0) is 0 Å². The van der Waals surface area contributed by atoms with Gasteiger partial charge in [0.05, 0.1) is 30.0 Å². The largest absolute Gasteiger partial charge is 0.306 e. The number of nitrogens with zero attached hydrogens (tertiary/aromatic N) is 6. The van der Waals surface area contributed by atoms with E-state index >= 15 is 0 Å². The second-order valence-corrected chi connectivity index (χ2v) is 5.44. The van der Waals surface area contributed by atoms with Gasteiger partial charge >= 0.3 is 0 Å². The summed E-state index contributed by atoms with van der Waals surface area (Å²) in [6.45, 7) is 12.2. The molecule has 0 radical (unpaired) electrons. The molecular weight excluding hydrogens is 288 g/mol. The zero-order chi connectivity index (χ0) is 17.0. The summed E-state index contributed by atoms with van der Waals surface area (Å²) in [5, 5.41) is 0. The molecule has 0 fully saturated rings. The van der Waals surface area contributed by atoms with Crippen molar-refractivity contribution < 1.29 is 0 Å². The van der Waals surface area contributed by atoms with Gasteiger partial charge in [-0.05, 0) is 19.8 Å². The highest BCUT2D eigenvalue weighted by Crippen LogP contribution is 2.25. The third-order valence-electron chi connectivity index (χ3n) is 3.54. The minimum absolute atomic E-state index is 0.0259. The van der Waals surface area contributed by atoms with Crippen molar-refractivity contribution >= 4 is 11.2 Å². The number of hydrogen-bond acceptors (Lipinski definition) is 5. The third-order valence-corrected chi connectivity index (χ3v) is 3.54. The highest BCUT2D eigenvalue weighted by molar-refractivity contribution is 5.74. The normalized spacial score (nSPS) is 12.1. The molecule has 1 atom stereocenters. The fraction of sp³-hybridized carbons (Fsp3) is 0.471. The maximum atomic E-state index is 4.57. The van der Waals surface area contributed by atoms with E-state index in [9.17, 15) is 0 Å². The van der Waals surface area contributed by atoms with E-state index in [4.69, 9.17) is 0 Å². The van der Waals surface area contributed by atoms with E-state index in [0.29, 0.717) is 5.92 Å². The standard InChI is InChI=1S/C15H18N6.C2H6/c1-9(2)13-14-15(20-11(4)19-13)21(8-18-14)10(3)12-7-16-5-6-17-12;1-2/h5-10H,1-4H3;1-2H3. The third kappa shape index (κ3) is 3.36. The van der Waals surface area contributed by atoms with Crippen LogP contribution in [0.4, 0.5) is 0 Å². The maximum absolute atomic E-state index is 4.57. The Kier molecular flexibility index (Phi) is 5.36. The molecule has 3 rings (SSSR count). The Balaban J connectivity index is 0.000000924. The lowest BCUT2D eigenvalue weighted by Gasteiger charge is -2.13. The van der Waals surface area contributed by atoms with Gasteiger partial charge in [0.1, 0.15) is 11.3 Å². The Labute approximate surface area is 137 Å². The number of rotatable bonds is 3. The SMILES string of the molecule is CC.Cc1nc(C(C)C)c2ncn(C(C)c3cnccn3)c2n1. The van der Waals surface area contributed by atoms with Crippen LogP contribution in [0.1, 0.15) is 63.8 Å². The number of hydrogen-bond donors (Lipinski definition) is 0. The molecule has 0 saturated heterocycles. The number of aryl methyl sites for hydroxylation is 1. The molecule has 6 nitrogen and oxygen atoms in total. The van der Waals surface area contributed by atoms with Crippen molar-refractivity contribution in [1.82, 2.24) is 29.5 Å². The summed E-state index contributed by atoms with van der Waals surface area (Å²) in [6.07, 6.45) is 6.95. The minimum Gasteiger partial charge on any atom is -0.306 e. The molecule has 0 N–H and O–H groups in total. The Bertz CT molecular complexity index is 763. The van der Waals surface area contributed by atoms with Gasteiger partial charge in [-0.3, -0.25) is 9.97 Å². The van der Waals surface area contributed by atoms with E-state index in [1.807, 2.05) is 31.7 Å². The minimum atomic E-state index is 0.0259. The van der Waals surface area contributed by atoms with Gasteiger partial charge in [0.15, 0.2) is 5.65 Å². The molecule has 122 valence electrons. The van der Waals surface area contributed by atoms with Gasteiger partial charge in [0.2, 0.25) is 0 Å². The molecule has 3 heterocycles. The molecule has 0 saturated carbocycles. The molecule has 0 aliphatic heterocycles. The van der Waals surface area contributed by atoms with Crippen molar-refractivity contribution in [3.8, 4) is 0 Å². The Morgan fingerprint density at radius 1 is 1.00 bits per heavy atom. The molecule has 1 unspecified atom stereocenters. The van der Waals surface area contributed by atoms with Gasteiger partial charge in [-0.2, -0.15) is 0 Å². The van der Waals surface area contributed by atoms with E-state index < -0.39 is 0 Å². The van der Waals surface area contributed by atoms with E-state index in [-0.39, 0.29) is 6.04 Å². The topological polar surface area (TPSA) is 69.4 Å². The van der Waals surface area contributed by atoms with Gasteiger partial charge in [0, 0.05) is 12.4 Å². The van der Waals surface area contributed by atoms with Crippen molar-refractivity contribution in [2.45, 2.75) is 53.5 Å². The van der Waals surface area contributed by atoms with Crippen LogP contribution >= 0.6 is 0 Å². The zero-order valence-electron chi connectivity index (χ0n) is 14.6. The van der Waals surface area contributed by atoms with Crippen LogP contribution in [0.25, 0.3) is 11.2 Å². The molecule has 0 aliphatic rings. The Hall–Kier alpha value is -2.37. The molecule has 3 aromatic rings. The lowest BCUT2D eigenvalue weighted by Crippen LogP contribution is -2.09. The predicted molar refractivity (Wildman–Crippen MR) is 91.3 cm³/mol. The average molecular weight is 312 g/mol. The summed E-state index contributed by atoms with van der Waals surface area (Å²) in [4.78, 5) is 22.1. The fourth-order valence-electron chi connectivity index (χ4n) is 2.41. The summed E-state index contributed by atoms with van der Waals surface area (Å²) in [5.74, 6) is 1.07. The summed E-state index contributed by atoms with van der Waals surface area (Å²) >= 11 is 0. The summed E-state index contributed by atoms with van der Waals surface area (Å²) in [6, 6.07) is 0.0259. The first kappa shape index (κ1) is 17.0. The van der Waals surface area contributed by atoms with Gasteiger partial charge in [-0.25, -0.2) is 15.0 Å². The molecule has 0 bridgehead atoms. The van der Waals surface area contributed by atoms with Gasteiger partial charge in [0.25, 0.3) is 0 Å². The highest BCUT2D eigenvalue weighted by atomic mass is 15.1. The number of fused-ring (bicyclic) bond motifs is 1. The van der Waals surface area contributed by atoms with Crippen LogP contribution in [0.15, 0.2) is 24.9 Å². The quantitative estimate of drug-likeness (QED) is 0.738. The molecule has 23 heavy (non-hydrogen) atoms. The van der Waals surface area contributed by atoms with Crippen LogP contribution in [0.3, 0.4) is 0 Å². The molecule has 6 heteroatoms. The summed E-state index contributed by atoms with van der Waals surface area (Å²) < 4.78 is 2.03. The van der Waals surface area contributed by atoms with Crippen molar-refractivity contribution in [3.63, 3.8) is 0 Å². The molecule has 3 aromatic heterocycles. The molecule has 0 aromatic carbocycles. The Morgan fingerprint density at radius 3 is 2.35 bits per heavy atom. The summed E-state index contributed by atoms with van der Waals surface area (Å²) in [7, 11) is 0. The van der Waals surface area contributed by atoms with Crippen LogP contribution in [0.2, 0.25) is 0 Å². The first-order valence-electron chi connectivity index (χ1n) is 8.05. The number of imidazole rings is 1. The first-order valence-corrected chi connectivity index (χ1v) is 8.05. The summed E-state index contributed by atoms with van der Waals surface area (Å²) in [5.41, 5.74) is 3.59. The molecule has 0 spiro atoms. The van der Waals surface area contributed by atoms with Crippen molar-refractivity contribution in [1.29, 1.82) is 0 Å². The van der Waals surface area contributed by atoms with Gasteiger partial charge < -0.3 is 4.57 Å². The number of aromatic nitrogens is 6. The second-order valence-electron chi connectivity index (χ2n) is 5.44. The van der Waals surface area contributed by atoms with Gasteiger partial charge in [-0.1, -0.05) is 27.7 Å². The molecule has 0 aliphatic carbocycles. The van der Waals surface area contributed by atoms with Crippen molar-refractivity contribution in [2.24, 2.45) is 0 Å². The van der Waals surface area contributed by atoms with E-state index in [0.717, 1.165) is 28.4 Å². The highest BCUT2D eigenvalue weighted by Gasteiger charge is 2.18. The predicted octanol–water partition coefficient (Wildman–Crippen LogP) is 3.68. The van der Waals surface area contributed by atoms with Crippen LogP contribution in [0.5, 0.6) is 0 Å². The van der Waals surface area contributed by atoms with Crippen LogP contribution in [0, 0.1) is 6.92 Å². The fourth-order valence-corrected chi connectivity index (χ4v) is 2.41. The van der Waals surface area contributed by atoms with Crippen molar-refractivity contribution in [2.75, 3.05) is 0 Å². The lowest BCUT2D eigenvalue weighted by atomic mass is 10.1. The first-order chi connectivity index (χ1) is 11.1. The lowest BCUT2D eigenvalue weighted by molar-refractivity contribution is 0.628. The van der Waals surface area contributed by atoms with Gasteiger partial charge in [-0.15, -0.1) is 0 Å². The maximum Gasteiger partial charge on any atom is 0.164 e. The molecule has 0 amide bonds. The van der Waals surface area contributed by atoms with Crippen LogP contribution < -0.4 is 0 Å². The van der Waals surface area contributed by atoms with E-state index in [1.165, 1.54) is 0 Å². The monoisotopic (exact) mass is 312 g/mol. The second kappa shape index (κ2) is 7.26. The van der Waals surface area contributed by atoms with Crippen molar-refractivity contribution in [3.05, 3.63) is 42.1 Å². The zero-order valence-corrected chi connectivity index (χ0v) is 14.6. The van der Waals surface area contributed by atoms with Crippen LogP contribution in [-0.4, -0.2) is 29.5 Å². The van der Waals surface area contributed by atoms with E-state index in [2.05, 4.69) is 45.7 Å². The average Bonchev–Trinajstić information content (AvgIpc) is 2.99. The Morgan fingerprint density at radius 2 is 1.74 bits per heavy atom. The smallest absolute Gasteiger partial charge is 0.164 e.